The SMILES string of the molecule is CCN1CCN(CCCNC(=O)CCCc2nnc(C(=O)Nc3ccccc3C)s2)CC1. The summed E-state index contributed by atoms with van der Waals surface area (Å²) in [6.45, 7) is 11.6. The molecule has 0 bridgehead atoms. The van der Waals surface area contributed by atoms with Gasteiger partial charge in [-0.15, -0.1) is 10.2 Å². The zero-order valence-electron chi connectivity index (χ0n) is 19.1. The molecular formula is C23H34N6O2S. The Hall–Kier alpha value is -2.36. The van der Waals surface area contributed by atoms with Gasteiger partial charge in [-0.1, -0.05) is 36.5 Å². The van der Waals surface area contributed by atoms with Crippen LogP contribution in [0.2, 0.25) is 0 Å². The summed E-state index contributed by atoms with van der Waals surface area (Å²) < 4.78 is 0. The number of nitrogens with zero attached hydrogens (tertiary/aromatic N) is 4. The van der Waals surface area contributed by atoms with E-state index < -0.39 is 0 Å². The van der Waals surface area contributed by atoms with E-state index in [-0.39, 0.29) is 11.8 Å². The molecule has 0 spiro atoms. The number of hydrogen-bond donors (Lipinski definition) is 2. The molecular weight excluding hydrogens is 424 g/mol. The van der Waals surface area contributed by atoms with Crippen LogP contribution >= 0.6 is 11.3 Å². The Morgan fingerprint density at radius 1 is 1.06 bits per heavy atom. The Morgan fingerprint density at radius 3 is 2.56 bits per heavy atom. The summed E-state index contributed by atoms with van der Waals surface area (Å²) in [5.41, 5.74) is 1.77. The third-order valence-electron chi connectivity index (χ3n) is 5.73. The summed E-state index contributed by atoms with van der Waals surface area (Å²) in [6.07, 6.45) is 2.77. The molecule has 2 N–H and O–H groups in total. The number of likely N-dealkylation sites (N-methyl/N-ethyl adjacent to an activating group) is 1. The number of aromatic nitrogens is 2. The van der Waals surface area contributed by atoms with Gasteiger partial charge in [0.2, 0.25) is 10.9 Å². The number of anilines is 1. The molecule has 0 atom stereocenters. The van der Waals surface area contributed by atoms with Crippen LogP contribution in [0.3, 0.4) is 0 Å². The lowest BCUT2D eigenvalue weighted by Crippen LogP contribution is -2.46. The maximum Gasteiger partial charge on any atom is 0.286 e. The average molecular weight is 459 g/mol. The number of amides is 2. The zero-order valence-corrected chi connectivity index (χ0v) is 19.9. The second-order valence-corrected chi connectivity index (χ2v) is 9.17. The number of nitrogens with one attached hydrogen (secondary N) is 2. The second-order valence-electron chi connectivity index (χ2n) is 8.10. The third-order valence-corrected chi connectivity index (χ3v) is 6.72. The van der Waals surface area contributed by atoms with E-state index >= 15 is 0 Å². The number of aryl methyl sites for hydroxylation is 2. The molecule has 9 heteroatoms. The molecule has 0 unspecified atom stereocenters. The summed E-state index contributed by atoms with van der Waals surface area (Å²) in [5, 5.41) is 15.1. The fourth-order valence-electron chi connectivity index (χ4n) is 3.68. The van der Waals surface area contributed by atoms with Crippen molar-refractivity contribution < 1.29 is 9.59 Å². The van der Waals surface area contributed by atoms with Crippen LogP contribution in [-0.2, 0) is 11.2 Å². The lowest BCUT2D eigenvalue weighted by molar-refractivity contribution is -0.121. The van der Waals surface area contributed by atoms with Gasteiger partial charge in [-0.2, -0.15) is 0 Å². The highest BCUT2D eigenvalue weighted by atomic mass is 32.1. The number of benzene rings is 1. The smallest absolute Gasteiger partial charge is 0.286 e. The van der Waals surface area contributed by atoms with Crippen LogP contribution in [0.4, 0.5) is 5.69 Å². The number of carbonyl (C=O) groups excluding carboxylic acids is 2. The van der Waals surface area contributed by atoms with E-state index in [1.54, 1.807) is 0 Å². The van der Waals surface area contributed by atoms with Crippen molar-refractivity contribution in [3.05, 3.63) is 39.8 Å². The predicted molar refractivity (Wildman–Crippen MR) is 128 cm³/mol. The Kier molecular flexibility index (Phi) is 9.58. The highest BCUT2D eigenvalue weighted by Crippen LogP contribution is 2.17. The molecule has 1 fully saturated rings. The van der Waals surface area contributed by atoms with Gasteiger partial charge in [0.15, 0.2) is 0 Å². The first-order valence-corrected chi connectivity index (χ1v) is 12.3. The minimum absolute atomic E-state index is 0.0721. The fraction of sp³-hybridized carbons (Fsp3) is 0.565. The number of para-hydroxylation sites is 1. The standard InChI is InChI=1S/C23H34N6O2S/c1-3-28-14-16-29(17-15-28)13-7-12-24-20(30)10-6-11-21-26-27-23(32-21)22(31)25-19-9-5-4-8-18(19)2/h4-5,8-9H,3,6-7,10-17H2,1-2H3,(H,24,30)(H,25,31). The summed E-state index contributed by atoms with van der Waals surface area (Å²) in [7, 11) is 0. The van der Waals surface area contributed by atoms with Gasteiger partial charge in [0, 0.05) is 51.3 Å². The number of rotatable bonds is 11. The van der Waals surface area contributed by atoms with E-state index in [0.717, 1.165) is 68.5 Å². The highest BCUT2D eigenvalue weighted by molar-refractivity contribution is 7.13. The Bertz CT molecular complexity index is 879. The third kappa shape index (κ3) is 7.65. The molecule has 0 radical (unpaired) electrons. The van der Waals surface area contributed by atoms with Gasteiger partial charge in [-0.05, 0) is 44.5 Å². The van der Waals surface area contributed by atoms with E-state index in [1.165, 1.54) is 11.3 Å². The lowest BCUT2D eigenvalue weighted by atomic mass is 10.2. The normalized spacial score (nSPS) is 14.9. The first kappa shape index (κ1) is 24.3. The highest BCUT2D eigenvalue weighted by Gasteiger charge is 2.15. The summed E-state index contributed by atoms with van der Waals surface area (Å²) >= 11 is 1.28. The maximum atomic E-state index is 12.4. The Labute approximate surface area is 194 Å². The van der Waals surface area contributed by atoms with Crippen molar-refractivity contribution in [3.63, 3.8) is 0 Å². The average Bonchev–Trinajstić information content (AvgIpc) is 3.28. The molecule has 1 saturated heterocycles. The quantitative estimate of drug-likeness (QED) is 0.503. The molecule has 1 aliphatic rings. The summed E-state index contributed by atoms with van der Waals surface area (Å²) in [4.78, 5) is 29.4. The van der Waals surface area contributed by atoms with Gasteiger partial charge in [0.05, 0.1) is 0 Å². The number of piperazine rings is 1. The van der Waals surface area contributed by atoms with Gasteiger partial charge in [-0.3, -0.25) is 9.59 Å². The van der Waals surface area contributed by atoms with Crippen molar-refractivity contribution in [2.45, 2.75) is 39.5 Å². The molecule has 8 nitrogen and oxygen atoms in total. The molecule has 32 heavy (non-hydrogen) atoms. The van der Waals surface area contributed by atoms with Gasteiger partial charge in [0.25, 0.3) is 5.91 Å². The van der Waals surface area contributed by atoms with Gasteiger partial charge >= 0.3 is 0 Å². The van der Waals surface area contributed by atoms with Crippen molar-refractivity contribution in [2.75, 3.05) is 51.1 Å². The van der Waals surface area contributed by atoms with Crippen LogP contribution in [0.5, 0.6) is 0 Å². The van der Waals surface area contributed by atoms with Gasteiger partial charge < -0.3 is 20.4 Å². The topological polar surface area (TPSA) is 90.5 Å². The van der Waals surface area contributed by atoms with Crippen molar-refractivity contribution in [1.82, 2.24) is 25.3 Å². The number of hydrogen-bond acceptors (Lipinski definition) is 7. The van der Waals surface area contributed by atoms with E-state index in [9.17, 15) is 9.59 Å². The largest absolute Gasteiger partial charge is 0.356 e. The molecule has 1 aliphatic heterocycles. The predicted octanol–water partition coefficient (Wildman–Crippen LogP) is 2.57. The van der Waals surface area contributed by atoms with Crippen LogP contribution in [0.25, 0.3) is 0 Å². The van der Waals surface area contributed by atoms with Gasteiger partial charge in [0.1, 0.15) is 5.01 Å². The van der Waals surface area contributed by atoms with Crippen molar-refractivity contribution >= 4 is 28.8 Å². The van der Waals surface area contributed by atoms with E-state index in [1.807, 2.05) is 31.2 Å². The molecule has 3 rings (SSSR count). The first-order chi connectivity index (χ1) is 15.5. The monoisotopic (exact) mass is 458 g/mol. The zero-order chi connectivity index (χ0) is 22.8. The lowest BCUT2D eigenvalue weighted by Gasteiger charge is -2.33. The molecule has 2 amide bonds. The summed E-state index contributed by atoms with van der Waals surface area (Å²) in [5.74, 6) is -0.181. The minimum Gasteiger partial charge on any atom is -0.356 e. The molecule has 0 saturated carbocycles. The second kappa shape index (κ2) is 12.6. The molecule has 174 valence electrons. The maximum absolute atomic E-state index is 12.4. The molecule has 0 aliphatic carbocycles. The van der Waals surface area contributed by atoms with E-state index in [4.69, 9.17) is 0 Å². The fourth-order valence-corrected chi connectivity index (χ4v) is 4.46. The van der Waals surface area contributed by atoms with Crippen molar-refractivity contribution in [2.24, 2.45) is 0 Å². The van der Waals surface area contributed by atoms with E-state index in [2.05, 4.69) is 37.6 Å². The summed E-state index contributed by atoms with van der Waals surface area (Å²) in [6, 6.07) is 7.62. The first-order valence-electron chi connectivity index (χ1n) is 11.5. The van der Waals surface area contributed by atoms with Crippen molar-refractivity contribution in [3.8, 4) is 0 Å². The number of carbonyl (C=O) groups is 2. The van der Waals surface area contributed by atoms with Crippen LogP contribution in [0.15, 0.2) is 24.3 Å². The molecule has 2 heterocycles. The van der Waals surface area contributed by atoms with Crippen LogP contribution in [-0.4, -0.2) is 77.6 Å². The molecule has 1 aromatic carbocycles. The minimum atomic E-state index is -0.253. The van der Waals surface area contributed by atoms with E-state index in [0.29, 0.717) is 24.3 Å². The van der Waals surface area contributed by atoms with Crippen LogP contribution in [0.1, 0.15) is 46.6 Å². The Balaban J connectivity index is 1.28. The van der Waals surface area contributed by atoms with Crippen LogP contribution < -0.4 is 10.6 Å². The van der Waals surface area contributed by atoms with Crippen LogP contribution in [0, 0.1) is 6.92 Å². The van der Waals surface area contributed by atoms with Gasteiger partial charge in [-0.25, -0.2) is 0 Å². The molecule has 2 aromatic rings. The molecule has 1 aromatic heterocycles. The van der Waals surface area contributed by atoms with Crippen molar-refractivity contribution in [1.29, 1.82) is 0 Å². The Morgan fingerprint density at radius 2 is 1.81 bits per heavy atom.